The Kier molecular flexibility index (Phi) is 5.21. The lowest BCUT2D eigenvalue weighted by Gasteiger charge is -2.34. The zero-order valence-electron chi connectivity index (χ0n) is 10.6. The summed E-state index contributed by atoms with van der Waals surface area (Å²) >= 11 is 0. The average molecular weight is 248 g/mol. The molecule has 0 aliphatic carbocycles. The highest BCUT2D eigenvalue weighted by molar-refractivity contribution is 7.89. The summed E-state index contributed by atoms with van der Waals surface area (Å²) in [6.07, 6.45) is 1.19. The van der Waals surface area contributed by atoms with Crippen LogP contribution in [-0.2, 0) is 10.0 Å². The maximum atomic E-state index is 11.6. The maximum absolute atomic E-state index is 11.6. The van der Waals surface area contributed by atoms with Crippen molar-refractivity contribution < 1.29 is 8.42 Å². The second-order valence-corrected chi connectivity index (χ2v) is 7.08. The first-order chi connectivity index (χ1) is 7.45. The minimum absolute atomic E-state index is 0.221. The maximum Gasteiger partial charge on any atom is 0.213 e. The molecule has 5 heteroatoms. The van der Waals surface area contributed by atoms with Gasteiger partial charge in [0, 0.05) is 26.2 Å². The van der Waals surface area contributed by atoms with Gasteiger partial charge in [0.15, 0.2) is 0 Å². The third kappa shape index (κ3) is 4.03. The predicted molar refractivity (Wildman–Crippen MR) is 66.9 cm³/mol. The van der Waals surface area contributed by atoms with E-state index in [-0.39, 0.29) is 5.75 Å². The summed E-state index contributed by atoms with van der Waals surface area (Å²) in [5.41, 5.74) is 0. The van der Waals surface area contributed by atoms with Crippen LogP contribution in [0.1, 0.15) is 27.2 Å². The second kappa shape index (κ2) is 5.98. The Labute approximate surface area is 99.7 Å². The molecule has 0 unspecified atom stereocenters. The number of nitrogens with zero attached hydrogens (tertiary/aromatic N) is 2. The van der Waals surface area contributed by atoms with Gasteiger partial charge in [-0.2, -0.15) is 4.31 Å². The van der Waals surface area contributed by atoms with E-state index in [0.29, 0.717) is 13.1 Å². The van der Waals surface area contributed by atoms with E-state index in [1.165, 1.54) is 6.42 Å². The molecule has 4 nitrogen and oxygen atoms in total. The van der Waals surface area contributed by atoms with E-state index in [1.54, 1.807) is 11.2 Å². The van der Waals surface area contributed by atoms with Crippen LogP contribution in [0, 0.1) is 5.92 Å². The molecule has 16 heavy (non-hydrogen) atoms. The summed E-state index contributed by atoms with van der Waals surface area (Å²) in [5.74, 6) is 0.941. The molecule has 0 amide bonds. The van der Waals surface area contributed by atoms with Gasteiger partial charge in [-0.1, -0.05) is 13.8 Å². The molecule has 0 radical (unpaired) electrons. The fourth-order valence-corrected chi connectivity index (χ4v) is 2.94. The second-order valence-electron chi connectivity index (χ2n) is 4.82. The van der Waals surface area contributed by atoms with Crippen LogP contribution in [0.15, 0.2) is 0 Å². The van der Waals surface area contributed by atoms with Crippen molar-refractivity contribution in [1.29, 1.82) is 0 Å². The first kappa shape index (κ1) is 13.9. The molecule has 0 aromatic carbocycles. The SMILES string of the molecule is CCS(=O)(=O)N1CCN(CCC(C)C)CC1. The van der Waals surface area contributed by atoms with Gasteiger partial charge in [-0.3, -0.25) is 0 Å². The Hall–Kier alpha value is -0.130. The smallest absolute Gasteiger partial charge is 0.213 e. The topological polar surface area (TPSA) is 40.6 Å². The highest BCUT2D eigenvalue weighted by atomic mass is 32.2. The van der Waals surface area contributed by atoms with Gasteiger partial charge in [-0.25, -0.2) is 8.42 Å². The van der Waals surface area contributed by atoms with Gasteiger partial charge >= 0.3 is 0 Å². The van der Waals surface area contributed by atoms with Crippen molar-refractivity contribution in [3.63, 3.8) is 0 Å². The lowest BCUT2D eigenvalue weighted by Crippen LogP contribution is -2.49. The van der Waals surface area contributed by atoms with Crippen LogP contribution in [0.4, 0.5) is 0 Å². The first-order valence-electron chi connectivity index (χ1n) is 6.16. The summed E-state index contributed by atoms with van der Waals surface area (Å²) in [6, 6.07) is 0. The minimum atomic E-state index is -2.97. The molecule has 0 saturated carbocycles. The van der Waals surface area contributed by atoms with E-state index in [9.17, 15) is 8.42 Å². The van der Waals surface area contributed by atoms with E-state index in [0.717, 1.165) is 25.6 Å². The normalized spacial score (nSPS) is 20.5. The third-order valence-corrected chi connectivity index (χ3v) is 4.99. The molecule has 0 aromatic heterocycles. The zero-order valence-corrected chi connectivity index (χ0v) is 11.5. The van der Waals surface area contributed by atoms with Crippen molar-refractivity contribution in [2.24, 2.45) is 5.92 Å². The molecular weight excluding hydrogens is 224 g/mol. The molecule has 0 aromatic rings. The summed E-state index contributed by atoms with van der Waals surface area (Å²) in [7, 11) is -2.97. The zero-order chi connectivity index (χ0) is 12.2. The Balaban J connectivity index is 2.34. The number of hydrogen-bond donors (Lipinski definition) is 0. The Morgan fingerprint density at radius 1 is 1.12 bits per heavy atom. The van der Waals surface area contributed by atoms with Crippen LogP contribution < -0.4 is 0 Å². The molecule has 1 rings (SSSR count). The van der Waals surface area contributed by atoms with Gasteiger partial charge in [0.1, 0.15) is 0 Å². The molecule has 0 bridgehead atoms. The largest absolute Gasteiger partial charge is 0.301 e. The molecule has 96 valence electrons. The summed E-state index contributed by atoms with van der Waals surface area (Å²) in [5, 5.41) is 0. The van der Waals surface area contributed by atoms with Crippen molar-refractivity contribution in [2.45, 2.75) is 27.2 Å². The van der Waals surface area contributed by atoms with Gasteiger partial charge in [0.05, 0.1) is 5.75 Å². The van der Waals surface area contributed by atoms with Crippen molar-refractivity contribution in [2.75, 3.05) is 38.5 Å². The van der Waals surface area contributed by atoms with E-state index in [4.69, 9.17) is 0 Å². The van der Waals surface area contributed by atoms with Gasteiger partial charge in [-0.15, -0.1) is 0 Å². The first-order valence-corrected chi connectivity index (χ1v) is 7.76. The molecule has 1 heterocycles. The standard InChI is InChI=1S/C11H24N2O2S/c1-4-16(14,15)13-9-7-12(8-10-13)6-5-11(2)3/h11H,4-10H2,1-3H3. The van der Waals surface area contributed by atoms with E-state index < -0.39 is 10.0 Å². The van der Waals surface area contributed by atoms with Crippen molar-refractivity contribution in [1.82, 2.24) is 9.21 Å². The van der Waals surface area contributed by atoms with Crippen molar-refractivity contribution in [3.05, 3.63) is 0 Å². The van der Waals surface area contributed by atoms with E-state index in [2.05, 4.69) is 18.7 Å². The van der Waals surface area contributed by atoms with Crippen LogP contribution in [0.25, 0.3) is 0 Å². The highest BCUT2D eigenvalue weighted by Crippen LogP contribution is 2.09. The fourth-order valence-electron chi connectivity index (χ4n) is 1.85. The molecule has 1 saturated heterocycles. The van der Waals surface area contributed by atoms with Gasteiger partial charge < -0.3 is 4.90 Å². The lowest BCUT2D eigenvalue weighted by atomic mass is 10.1. The summed E-state index contributed by atoms with van der Waals surface area (Å²) in [4.78, 5) is 2.36. The monoisotopic (exact) mass is 248 g/mol. The van der Waals surface area contributed by atoms with Gasteiger partial charge in [0.2, 0.25) is 10.0 Å². The molecule has 0 N–H and O–H groups in total. The molecule has 1 fully saturated rings. The predicted octanol–water partition coefficient (Wildman–Crippen LogP) is 1.000. The lowest BCUT2D eigenvalue weighted by molar-refractivity contribution is 0.181. The van der Waals surface area contributed by atoms with E-state index >= 15 is 0 Å². The highest BCUT2D eigenvalue weighted by Gasteiger charge is 2.24. The van der Waals surface area contributed by atoms with Crippen molar-refractivity contribution in [3.8, 4) is 0 Å². The molecule has 0 atom stereocenters. The number of sulfonamides is 1. The Bertz CT molecular complexity index is 293. The summed E-state index contributed by atoms with van der Waals surface area (Å²) < 4.78 is 24.9. The number of rotatable bonds is 5. The third-order valence-electron chi connectivity index (χ3n) is 3.11. The van der Waals surface area contributed by atoms with Crippen molar-refractivity contribution >= 4 is 10.0 Å². The van der Waals surface area contributed by atoms with Crippen LogP contribution in [-0.4, -0.2) is 56.1 Å². The average Bonchev–Trinajstić information content (AvgIpc) is 2.27. The summed E-state index contributed by atoms with van der Waals surface area (Å²) in [6.45, 7) is 10.3. The molecule has 0 spiro atoms. The van der Waals surface area contributed by atoms with Crippen LogP contribution in [0.5, 0.6) is 0 Å². The fraction of sp³-hybridized carbons (Fsp3) is 1.00. The number of piperazine rings is 1. The number of hydrogen-bond acceptors (Lipinski definition) is 3. The van der Waals surface area contributed by atoms with E-state index in [1.807, 2.05) is 0 Å². The quantitative estimate of drug-likeness (QED) is 0.729. The Morgan fingerprint density at radius 3 is 2.12 bits per heavy atom. The van der Waals surface area contributed by atoms with Crippen LogP contribution in [0.3, 0.4) is 0 Å². The molecular formula is C11H24N2O2S. The molecule has 1 aliphatic heterocycles. The van der Waals surface area contributed by atoms with Crippen LogP contribution in [0.2, 0.25) is 0 Å². The minimum Gasteiger partial charge on any atom is -0.301 e. The van der Waals surface area contributed by atoms with Crippen LogP contribution >= 0.6 is 0 Å². The molecule has 1 aliphatic rings. The van der Waals surface area contributed by atoms with Gasteiger partial charge in [0.25, 0.3) is 0 Å². The van der Waals surface area contributed by atoms with Gasteiger partial charge in [-0.05, 0) is 25.8 Å². The Morgan fingerprint density at radius 2 is 1.69 bits per heavy atom.